The highest BCUT2D eigenvalue weighted by Crippen LogP contribution is 2.10. The van der Waals surface area contributed by atoms with Gasteiger partial charge in [-0.1, -0.05) is 6.07 Å². The number of hydrogen-bond acceptors (Lipinski definition) is 4. The second-order valence-electron chi connectivity index (χ2n) is 5.77. The Labute approximate surface area is 128 Å². The van der Waals surface area contributed by atoms with Gasteiger partial charge in [0, 0.05) is 18.8 Å². The summed E-state index contributed by atoms with van der Waals surface area (Å²) in [5.74, 6) is -0.184. The quantitative estimate of drug-likeness (QED) is 0.850. The van der Waals surface area contributed by atoms with E-state index < -0.39 is 0 Å². The summed E-state index contributed by atoms with van der Waals surface area (Å²) in [4.78, 5) is 26.5. The Bertz CT molecular complexity index is 714. The molecule has 1 amide bonds. The Kier molecular flexibility index (Phi) is 4.24. The number of nitrogens with zero attached hydrogens (tertiary/aromatic N) is 4. The SMILES string of the molecule is C[C@@H](CNC(=O)Cn1nc2ccccn2c1=O)N1CCCC1. The summed E-state index contributed by atoms with van der Waals surface area (Å²) in [7, 11) is 0. The van der Waals surface area contributed by atoms with Crippen LogP contribution in [0, 0.1) is 0 Å². The molecule has 0 aromatic carbocycles. The van der Waals surface area contributed by atoms with E-state index >= 15 is 0 Å². The van der Waals surface area contributed by atoms with Gasteiger partial charge in [0.1, 0.15) is 6.54 Å². The second-order valence-corrected chi connectivity index (χ2v) is 5.77. The maximum absolute atomic E-state index is 12.1. The van der Waals surface area contributed by atoms with Crippen LogP contribution in [-0.2, 0) is 11.3 Å². The Morgan fingerprint density at radius 2 is 2.14 bits per heavy atom. The Hall–Kier alpha value is -2.15. The van der Waals surface area contributed by atoms with Crippen LogP contribution in [0.1, 0.15) is 19.8 Å². The number of fused-ring (bicyclic) bond motifs is 1. The minimum absolute atomic E-state index is 0.0484. The van der Waals surface area contributed by atoms with Crippen molar-refractivity contribution in [2.75, 3.05) is 19.6 Å². The van der Waals surface area contributed by atoms with E-state index in [1.165, 1.54) is 21.9 Å². The lowest BCUT2D eigenvalue weighted by Gasteiger charge is -2.23. The number of carbonyl (C=O) groups excluding carboxylic acids is 1. The maximum atomic E-state index is 12.1. The topological polar surface area (TPSA) is 71.6 Å². The van der Waals surface area contributed by atoms with Crippen molar-refractivity contribution in [3.05, 3.63) is 34.9 Å². The van der Waals surface area contributed by atoms with E-state index in [0.717, 1.165) is 13.1 Å². The molecule has 1 aliphatic heterocycles. The first-order valence-electron chi connectivity index (χ1n) is 7.70. The fourth-order valence-electron chi connectivity index (χ4n) is 2.84. The molecule has 1 aliphatic rings. The zero-order chi connectivity index (χ0) is 15.5. The molecule has 0 bridgehead atoms. The van der Waals surface area contributed by atoms with Gasteiger partial charge in [-0.25, -0.2) is 9.48 Å². The fourth-order valence-corrected chi connectivity index (χ4v) is 2.84. The molecule has 0 saturated carbocycles. The van der Waals surface area contributed by atoms with Crippen LogP contribution in [0.25, 0.3) is 5.65 Å². The fraction of sp³-hybridized carbons (Fsp3) is 0.533. The van der Waals surface area contributed by atoms with Crippen LogP contribution in [0.4, 0.5) is 0 Å². The van der Waals surface area contributed by atoms with Crippen molar-refractivity contribution in [3.8, 4) is 0 Å². The van der Waals surface area contributed by atoms with Crippen LogP contribution in [0.15, 0.2) is 29.2 Å². The van der Waals surface area contributed by atoms with Gasteiger partial charge in [0.2, 0.25) is 5.91 Å². The summed E-state index contributed by atoms with van der Waals surface area (Å²) < 4.78 is 2.63. The lowest BCUT2D eigenvalue weighted by molar-refractivity contribution is -0.122. The smallest absolute Gasteiger partial charge is 0.350 e. The number of rotatable bonds is 5. The van der Waals surface area contributed by atoms with Crippen molar-refractivity contribution in [1.29, 1.82) is 0 Å². The lowest BCUT2D eigenvalue weighted by atomic mass is 10.3. The molecule has 1 fully saturated rings. The molecule has 0 radical (unpaired) electrons. The maximum Gasteiger partial charge on any atom is 0.350 e. The number of nitrogens with one attached hydrogen (secondary N) is 1. The van der Waals surface area contributed by atoms with Crippen LogP contribution in [0.3, 0.4) is 0 Å². The zero-order valence-corrected chi connectivity index (χ0v) is 12.7. The summed E-state index contributed by atoms with van der Waals surface area (Å²) in [5.41, 5.74) is 0.254. The van der Waals surface area contributed by atoms with E-state index in [2.05, 4.69) is 22.2 Å². The predicted octanol–water partition coefficient (Wildman–Crippen LogP) is 0.0965. The van der Waals surface area contributed by atoms with Crippen LogP contribution < -0.4 is 11.0 Å². The van der Waals surface area contributed by atoms with Crippen molar-refractivity contribution in [2.24, 2.45) is 0 Å². The van der Waals surface area contributed by atoms with Gasteiger partial charge in [-0.05, 0) is 45.0 Å². The number of aromatic nitrogens is 3. The molecule has 7 nitrogen and oxygen atoms in total. The molecule has 118 valence electrons. The largest absolute Gasteiger partial charge is 0.353 e. The van der Waals surface area contributed by atoms with E-state index in [1.807, 2.05) is 6.07 Å². The Balaban J connectivity index is 1.58. The number of likely N-dealkylation sites (tertiary alicyclic amines) is 1. The van der Waals surface area contributed by atoms with Crippen LogP contribution in [0.2, 0.25) is 0 Å². The molecule has 3 rings (SSSR count). The van der Waals surface area contributed by atoms with Crippen molar-refractivity contribution < 1.29 is 4.79 Å². The van der Waals surface area contributed by atoms with E-state index in [4.69, 9.17) is 0 Å². The predicted molar refractivity (Wildman–Crippen MR) is 82.7 cm³/mol. The van der Waals surface area contributed by atoms with Gasteiger partial charge in [-0.2, -0.15) is 0 Å². The monoisotopic (exact) mass is 303 g/mol. The highest BCUT2D eigenvalue weighted by Gasteiger charge is 2.18. The Morgan fingerprint density at radius 1 is 1.36 bits per heavy atom. The summed E-state index contributed by atoms with van der Waals surface area (Å²) in [6, 6.07) is 5.64. The van der Waals surface area contributed by atoms with Crippen LogP contribution >= 0.6 is 0 Å². The van der Waals surface area contributed by atoms with Crippen molar-refractivity contribution in [1.82, 2.24) is 24.4 Å². The minimum atomic E-state index is -0.293. The lowest BCUT2D eigenvalue weighted by Crippen LogP contribution is -2.42. The first kappa shape index (κ1) is 14.8. The van der Waals surface area contributed by atoms with Gasteiger partial charge in [0.15, 0.2) is 5.65 Å². The van der Waals surface area contributed by atoms with Crippen molar-refractivity contribution in [2.45, 2.75) is 32.4 Å². The van der Waals surface area contributed by atoms with Gasteiger partial charge in [0.05, 0.1) is 0 Å². The molecule has 0 aliphatic carbocycles. The molecule has 22 heavy (non-hydrogen) atoms. The number of carbonyl (C=O) groups is 1. The van der Waals surface area contributed by atoms with Crippen LogP contribution in [0.5, 0.6) is 0 Å². The average Bonchev–Trinajstić information content (AvgIpc) is 3.15. The number of pyridine rings is 1. The van der Waals surface area contributed by atoms with Gasteiger partial charge >= 0.3 is 5.69 Å². The number of hydrogen-bond donors (Lipinski definition) is 1. The molecule has 3 heterocycles. The molecular weight excluding hydrogens is 282 g/mol. The molecular formula is C15H21N5O2. The van der Waals surface area contributed by atoms with E-state index in [-0.39, 0.29) is 18.1 Å². The van der Waals surface area contributed by atoms with Crippen molar-refractivity contribution in [3.63, 3.8) is 0 Å². The molecule has 0 unspecified atom stereocenters. The first-order chi connectivity index (χ1) is 10.6. The molecule has 1 atom stereocenters. The zero-order valence-electron chi connectivity index (χ0n) is 12.7. The summed E-state index contributed by atoms with van der Waals surface area (Å²) in [5, 5.41) is 7.04. The highest BCUT2D eigenvalue weighted by molar-refractivity contribution is 5.75. The van der Waals surface area contributed by atoms with E-state index in [9.17, 15) is 9.59 Å². The standard InChI is InChI=1S/C15H21N5O2/c1-12(18-7-4-5-8-18)10-16-14(21)11-20-15(22)19-9-3-2-6-13(19)17-20/h2-3,6,9,12H,4-5,7-8,10-11H2,1H3,(H,16,21)/t12-/m0/s1. The first-order valence-corrected chi connectivity index (χ1v) is 7.70. The van der Waals surface area contributed by atoms with Gasteiger partial charge in [-0.3, -0.25) is 14.1 Å². The molecule has 0 spiro atoms. The van der Waals surface area contributed by atoms with E-state index in [0.29, 0.717) is 18.2 Å². The third-order valence-corrected chi connectivity index (χ3v) is 4.14. The average molecular weight is 303 g/mol. The van der Waals surface area contributed by atoms with Gasteiger partial charge < -0.3 is 5.32 Å². The molecule has 1 N–H and O–H groups in total. The normalized spacial score (nSPS) is 17.0. The summed E-state index contributed by atoms with van der Waals surface area (Å²) in [6.45, 7) is 4.86. The van der Waals surface area contributed by atoms with Crippen molar-refractivity contribution >= 4 is 11.6 Å². The molecule has 2 aromatic heterocycles. The third kappa shape index (κ3) is 3.04. The van der Waals surface area contributed by atoms with E-state index in [1.54, 1.807) is 18.3 Å². The van der Waals surface area contributed by atoms with Gasteiger partial charge in [-0.15, -0.1) is 5.10 Å². The summed E-state index contributed by atoms with van der Waals surface area (Å²) >= 11 is 0. The van der Waals surface area contributed by atoms with Crippen LogP contribution in [-0.4, -0.2) is 50.7 Å². The summed E-state index contributed by atoms with van der Waals surface area (Å²) in [6.07, 6.45) is 4.11. The minimum Gasteiger partial charge on any atom is -0.353 e. The molecule has 1 saturated heterocycles. The number of amides is 1. The second kappa shape index (κ2) is 6.31. The molecule has 2 aromatic rings. The highest BCUT2D eigenvalue weighted by atomic mass is 16.2. The third-order valence-electron chi connectivity index (χ3n) is 4.14. The Morgan fingerprint density at radius 3 is 2.86 bits per heavy atom. The van der Waals surface area contributed by atoms with Gasteiger partial charge in [0.25, 0.3) is 0 Å². The molecule has 7 heteroatoms.